The maximum Gasteiger partial charge on any atom is 0.0906 e. The molecule has 0 bridgehead atoms. The first-order chi connectivity index (χ1) is 3.80. The lowest BCUT2D eigenvalue weighted by atomic mass is 10.2. The van der Waals surface area contributed by atoms with Gasteiger partial charge in [0, 0.05) is 6.20 Å². The minimum absolute atomic E-state index is 0.111. The van der Waals surface area contributed by atoms with Crippen molar-refractivity contribution in [2.24, 2.45) is 0 Å². The molecule has 1 unspecified atom stereocenters. The van der Waals surface area contributed by atoms with Crippen molar-refractivity contribution in [3.8, 4) is 0 Å². The molecule has 46 valence electrons. The fraction of sp³-hybridized carbons (Fsp3) is 0.600. The minimum Gasteiger partial charge on any atom is -0.387 e. The van der Waals surface area contributed by atoms with Gasteiger partial charge in [-0.15, -0.1) is 0 Å². The fourth-order valence-electron chi connectivity index (χ4n) is 0.578. The Balaban J connectivity index is 2.47. The molecular formula is C5H10N2O. The highest BCUT2D eigenvalue weighted by atomic mass is 16.3. The number of nitrogens with one attached hydrogen (secondary N) is 2. The molecular weight excluding hydrogens is 104 g/mol. The van der Waals surface area contributed by atoms with Crippen LogP contribution in [0.15, 0.2) is 12.3 Å². The molecule has 0 aromatic heterocycles. The quantitative estimate of drug-likeness (QED) is 0.392. The van der Waals surface area contributed by atoms with E-state index in [1.165, 1.54) is 0 Å². The van der Waals surface area contributed by atoms with Crippen molar-refractivity contribution in [3.05, 3.63) is 12.3 Å². The highest BCUT2D eigenvalue weighted by Gasteiger charge is 2.11. The average Bonchev–Trinajstić information content (AvgIpc) is 1.77. The lowest BCUT2D eigenvalue weighted by Gasteiger charge is -2.21. The van der Waals surface area contributed by atoms with Gasteiger partial charge in [0.2, 0.25) is 0 Å². The van der Waals surface area contributed by atoms with Crippen LogP contribution in [0.3, 0.4) is 0 Å². The molecule has 0 amide bonds. The molecule has 1 heterocycles. The number of rotatable bonds is 0. The fourth-order valence-corrected chi connectivity index (χ4v) is 0.578. The van der Waals surface area contributed by atoms with E-state index in [0.717, 1.165) is 0 Å². The third-order valence-corrected chi connectivity index (χ3v) is 1.20. The SMILES string of the molecule is C[C@H]1NNC=CC1O. The summed E-state index contributed by atoms with van der Waals surface area (Å²) in [5.41, 5.74) is 5.62. The zero-order valence-corrected chi connectivity index (χ0v) is 4.76. The van der Waals surface area contributed by atoms with Crippen LogP contribution < -0.4 is 10.9 Å². The molecule has 0 saturated heterocycles. The van der Waals surface area contributed by atoms with E-state index in [1.807, 2.05) is 6.92 Å². The van der Waals surface area contributed by atoms with Crippen LogP contribution in [0, 0.1) is 0 Å². The summed E-state index contributed by atoms with van der Waals surface area (Å²) in [6.07, 6.45) is 3.04. The van der Waals surface area contributed by atoms with Gasteiger partial charge < -0.3 is 10.5 Å². The average molecular weight is 114 g/mol. The second-order valence-corrected chi connectivity index (χ2v) is 1.93. The van der Waals surface area contributed by atoms with E-state index < -0.39 is 0 Å². The van der Waals surface area contributed by atoms with E-state index in [4.69, 9.17) is 5.11 Å². The lowest BCUT2D eigenvalue weighted by Crippen LogP contribution is -2.46. The van der Waals surface area contributed by atoms with Gasteiger partial charge in [0.05, 0.1) is 12.1 Å². The molecule has 0 radical (unpaired) electrons. The van der Waals surface area contributed by atoms with E-state index >= 15 is 0 Å². The van der Waals surface area contributed by atoms with Crippen molar-refractivity contribution in [1.29, 1.82) is 0 Å². The molecule has 3 heteroatoms. The molecule has 1 aliphatic heterocycles. The first kappa shape index (κ1) is 5.59. The minimum atomic E-state index is -0.351. The van der Waals surface area contributed by atoms with Crippen LogP contribution in [0.2, 0.25) is 0 Å². The number of aliphatic hydroxyl groups is 1. The first-order valence-corrected chi connectivity index (χ1v) is 2.66. The third-order valence-electron chi connectivity index (χ3n) is 1.20. The van der Waals surface area contributed by atoms with Crippen LogP contribution in [-0.2, 0) is 0 Å². The smallest absolute Gasteiger partial charge is 0.0906 e. The predicted molar refractivity (Wildman–Crippen MR) is 30.9 cm³/mol. The molecule has 2 atom stereocenters. The second-order valence-electron chi connectivity index (χ2n) is 1.93. The topological polar surface area (TPSA) is 44.3 Å². The first-order valence-electron chi connectivity index (χ1n) is 2.66. The van der Waals surface area contributed by atoms with Gasteiger partial charge in [-0.3, -0.25) is 0 Å². The van der Waals surface area contributed by atoms with Crippen molar-refractivity contribution in [2.45, 2.75) is 19.1 Å². The Morgan fingerprint density at radius 2 is 2.38 bits per heavy atom. The molecule has 3 N–H and O–H groups in total. The van der Waals surface area contributed by atoms with E-state index in [-0.39, 0.29) is 12.1 Å². The summed E-state index contributed by atoms with van der Waals surface area (Å²) in [6.45, 7) is 1.90. The van der Waals surface area contributed by atoms with Gasteiger partial charge in [0.15, 0.2) is 0 Å². The van der Waals surface area contributed by atoms with Crippen LogP contribution >= 0.6 is 0 Å². The summed E-state index contributed by atoms with van der Waals surface area (Å²) in [6, 6.07) is 0.111. The summed E-state index contributed by atoms with van der Waals surface area (Å²) in [5, 5.41) is 8.99. The molecule has 0 aromatic carbocycles. The van der Waals surface area contributed by atoms with Gasteiger partial charge in [-0.25, -0.2) is 5.43 Å². The van der Waals surface area contributed by atoms with Gasteiger partial charge >= 0.3 is 0 Å². The Bertz CT molecular complexity index is 103. The van der Waals surface area contributed by atoms with Crippen LogP contribution in [0.4, 0.5) is 0 Å². The summed E-state index contributed by atoms with van der Waals surface area (Å²) < 4.78 is 0. The van der Waals surface area contributed by atoms with Gasteiger partial charge in [-0.05, 0) is 13.0 Å². The van der Waals surface area contributed by atoms with Crippen molar-refractivity contribution in [1.82, 2.24) is 10.9 Å². The standard InChI is InChI=1S/C5H10N2O/c1-4-5(8)2-3-6-7-4/h2-8H,1H3/t4-,5?/m1/s1. The van der Waals surface area contributed by atoms with Crippen LogP contribution in [0.5, 0.6) is 0 Å². The molecule has 0 fully saturated rings. The normalized spacial score (nSPS) is 36.8. The Morgan fingerprint density at radius 1 is 1.62 bits per heavy atom. The summed E-state index contributed by atoms with van der Waals surface area (Å²) in [5.74, 6) is 0. The Labute approximate surface area is 48.4 Å². The van der Waals surface area contributed by atoms with Crippen molar-refractivity contribution < 1.29 is 5.11 Å². The highest BCUT2D eigenvalue weighted by Crippen LogP contribution is 1.95. The Hall–Kier alpha value is -0.540. The number of hydrogen-bond donors (Lipinski definition) is 3. The van der Waals surface area contributed by atoms with Gasteiger partial charge in [0.1, 0.15) is 0 Å². The maximum absolute atomic E-state index is 8.99. The molecule has 0 spiro atoms. The number of hydrogen-bond acceptors (Lipinski definition) is 3. The van der Waals surface area contributed by atoms with Gasteiger partial charge in [-0.2, -0.15) is 0 Å². The van der Waals surface area contributed by atoms with Crippen LogP contribution in [0.25, 0.3) is 0 Å². The summed E-state index contributed by atoms with van der Waals surface area (Å²) in [7, 11) is 0. The molecule has 8 heavy (non-hydrogen) atoms. The Kier molecular flexibility index (Phi) is 1.50. The highest BCUT2D eigenvalue weighted by molar-refractivity contribution is 4.95. The lowest BCUT2D eigenvalue weighted by molar-refractivity contribution is 0.165. The molecule has 1 rings (SSSR count). The summed E-state index contributed by atoms with van der Waals surface area (Å²) >= 11 is 0. The Morgan fingerprint density at radius 3 is 2.75 bits per heavy atom. The molecule has 0 aromatic rings. The van der Waals surface area contributed by atoms with E-state index in [1.54, 1.807) is 12.3 Å². The van der Waals surface area contributed by atoms with Crippen molar-refractivity contribution >= 4 is 0 Å². The second kappa shape index (κ2) is 2.15. The molecule has 0 saturated carbocycles. The van der Waals surface area contributed by atoms with Crippen LogP contribution in [0.1, 0.15) is 6.92 Å². The molecule has 1 aliphatic rings. The number of aliphatic hydroxyl groups excluding tert-OH is 1. The molecule has 3 nitrogen and oxygen atoms in total. The van der Waals surface area contributed by atoms with Gasteiger partial charge in [-0.1, -0.05) is 0 Å². The maximum atomic E-state index is 8.99. The predicted octanol–water partition coefficient (Wildman–Crippen LogP) is -0.643. The third kappa shape index (κ3) is 0.993. The zero-order valence-electron chi connectivity index (χ0n) is 4.76. The van der Waals surface area contributed by atoms with Gasteiger partial charge in [0.25, 0.3) is 0 Å². The zero-order chi connectivity index (χ0) is 5.98. The van der Waals surface area contributed by atoms with E-state index in [0.29, 0.717) is 0 Å². The van der Waals surface area contributed by atoms with E-state index in [9.17, 15) is 0 Å². The largest absolute Gasteiger partial charge is 0.387 e. The van der Waals surface area contributed by atoms with Crippen molar-refractivity contribution in [2.75, 3.05) is 0 Å². The number of hydrazine groups is 1. The molecule has 0 aliphatic carbocycles. The van der Waals surface area contributed by atoms with E-state index in [2.05, 4.69) is 10.9 Å². The van der Waals surface area contributed by atoms with Crippen LogP contribution in [-0.4, -0.2) is 17.3 Å². The summed E-state index contributed by atoms with van der Waals surface area (Å²) in [4.78, 5) is 0. The monoisotopic (exact) mass is 114 g/mol. The van der Waals surface area contributed by atoms with Crippen molar-refractivity contribution in [3.63, 3.8) is 0 Å².